The average Bonchev–Trinajstić information content (AvgIpc) is 2.39. The van der Waals surface area contributed by atoms with E-state index in [-0.39, 0.29) is 10.6 Å². The van der Waals surface area contributed by atoms with Gasteiger partial charge in [-0.05, 0) is 65.5 Å². The lowest BCUT2D eigenvalue weighted by atomic mass is 10.1. The number of anilines is 2. The Labute approximate surface area is 133 Å². The number of aryl methyl sites for hydroxylation is 2. The molecule has 0 aliphatic heterocycles. The van der Waals surface area contributed by atoms with Crippen molar-refractivity contribution in [2.45, 2.75) is 25.7 Å². The van der Waals surface area contributed by atoms with Crippen LogP contribution in [-0.4, -0.2) is 8.42 Å². The Hall–Kier alpha value is -1.53. The summed E-state index contributed by atoms with van der Waals surface area (Å²) >= 11 is 3.40. The molecule has 112 valence electrons. The Morgan fingerprint density at radius 2 is 1.71 bits per heavy atom. The third-order valence-electron chi connectivity index (χ3n) is 3.41. The van der Waals surface area contributed by atoms with Crippen LogP contribution in [0.25, 0.3) is 0 Å². The molecule has 0 bridgehead atoms. The van der Waals surface area contributed by atoms with Crippen molar-refractivity contribution in [2.75, 3.05) is 10.5 Å². The highest BCUT2D eigenvalue weighted by Crippen LogP contribution is 2.31. The molecular formula is C15H17BrN2O2S. The van der Waals surface area contributed by atoms with Crippen molar-refractivity contribution >= 4 is 37.3 Å². The Morgan fingerprint density at radius 3 is 2.38 bits per heavy atom. The highest BCUT2D eigenvalue weighted by Gasteiger charge is 2.22. The molecule has 0 saturated heterocycles. The number of nitrogen functional groups attached to an aromatic ring is 1. The normalized spacial score (nSPS) is 11.4. The van der Waals surface area contributed by atoms with E-state index in [0.717, 1.165) is 15.6 Å². The lowest BCUT2D eigenvalue weighted by molar-refractivity contribution is 0.601. The van der Waals surface area contributed by atoms with Gasteiger partial charge in [-0.25, -0.2) is 8.42 Å². The van der Waals surface area contributed by atoms with Gasteiger partial charge < -0.3 is 5.73 Å². The van der Waals surface area contributed by atoms with Crippen molar-refractivity contribution in [2.24, 2.45) is 0 Å². The number of hydrogen-bond acceptors (Lipinski definition) is 3. The van der Waals surface area contributed by atoms with Crippen molar-refractivity contribution < 1.29 is 8.42 Å². The van der Waals surface area contributed by atoms with Crippen LogP contribution in [0.4, 0.5) is 11.4 Å². The number of sulfonamides is 1. The summed E-state index contributed by atoms with van der Waals surface area (Å²) in [4.78, 5) is 0.135. The number of nitrogens with two attached hydrogens (primary N) is 1. The molecule has 21 heavy (non-hydrogen) atoms. The van der Waals surface area contributed by atoms with E-state index in [9.17, 15) is 8.42 Å². The molecular weight excluding hydrogens is 352 g/mol. The summed E-state index contributed by atoms with van der Waals surface area (Å²) in [6.45, 7) is 5.51. The summed E-state index contributed by atoms with van der Waals surface area (Å²) in [5.74, 6) is 0. The Morgan fingerprint density at radius 1 is 1.05 bits per heavy atom. The van der Waals surface area contributed by atoms with Gasteiger partial charge in [0.15, 0.2) is 0 Å². The molecule has 2 aromatic carbocycles. The molecule has 0 spiro atoms. The summed E-state index contributed by atoms with van der Waals surface area (Å²) in [6, 6.07) is 8.82. The minimum absolute atomic E-state index is 0.135. The minimum atomic E-state index is -3.74. The molecule has 0 aliphatic rings. The van der Waals surface area contributed by atoms with E-state index in [4.69, 9.17) is 5.73 Å². The summed E-state index contributed by atoms with van der Waals surface area (Å²) in [5, 5.41) is 0. The molecule has 0 radical (unpaired) electrons. The van der Waals surface area contributed by atoms with E-state index >= 15 is 0 Å². The first-order valence-electron chi connectivity index (χ1n) is 6.37. The molecule has 0 atom stereocenters. The van der Waals surface area contributed by atoms with Crippen LogP contribution in [0.15, 0.2) is 39.7 Å². The molecule has 0 amide bonds. The molecule has 0 heterocycles. The maximum Gasteiger partial charge on any atom is 0.264 e. The van der Waals surface area contributed by atoms with Crippen LogP contribution in [0.2, 0.25) is 0 Å². The molecule has 0 aromatic heterocycles. The van der Waals surface area contributed by atoms with E-state index in [1.165, 1.54) is 0 Å². The second-order valence-corrected chi connectivity index (χ2v) is 7.38. The molecule has 0 unspecified atom stereocenters. The van der Waals surface area contributed by atoms with Gasteiger partial charge in [0, 0.05) is 4.47 Å². The Bertz CT molecular complexity index is 802. The third kappa shape index (κ3) is 3.06. The monoisotopic (exact) mass is 368 g/mol. The number of halogens is 1. The van der Waals surface area contributed by atoms with E-state index in [0.29, 0.717) is 11.3 Å². The van der Waals surface area contributed by atoms with Gasteiger partial charge in [-0.1, -0.05) is 18.2 Å². The van der Waals surface area contributed by atoms with Crippen LogP contribution in [0.3, 0.4) is 0 Å². The van der Waals surface area contributed by atoms with E-state index < -0.39 is 10.0 Å². The predicted octanol–water partition coefficient (Wildman–Crippen LogP) is 3.76. The summed E-state index contributed by atoms with van der Waals surface area (Å²) in [6.07, 6.45) is 0. The maximum absolute atomic E-state index is 12.6. The molecule has 0 aliphatic carbocycles. The Balaban J connectivity index is 2.54. The van der Waals surface area contributed by atoms with Gasteiger partial charge in [0.2, 0.25) is 0 Å². The molecule has 4 nitrogen and oxygen atoms in total. The van der Waals surface area contributed by atoms with E-state index in [1.807, 2.05) is 26.0 Å². The average molecular weight is 369 g/mol. The van der Waals surface area contributed by atoms with Crippen molar-refractivity contribution in [1.29, 1.82) is 0 Å². The first-order chi connectivity index (χ1) is 9.74. The van der Waals surface area contributed by atoms with Crippen molar-refractivity contribution in [3.8, 4) is 0 Å². The highest BCUT2D eigenvalue weighted by molar-refractivity contribution is 9.10. The summed E-state index contributed by atoms with van der Waals surface area (Å²) in [7, 11) is -3.74. The van der Waals surface area contributed by atoms with Crippen LogP contribution in [0, 0.1) is 20.8 Å². The van der Waals surface area contributed by atoms with Crippen LogP contribution in [-0.2, 0) is 10.0 Å². The molecule has 0 saturated carbocycles. The SMILES string of the molecule is Cc1ccc(N)c(S(=O)(=O)Nc2cccc(C)c2Br)c1C. The first kappa shape index (κ1) is 15.9. The molecule has 6 heteroatoms. The van der Waals surface area contributed by atoms with Gasteiger partial charge >= 0.3 is 0 Å². The van der Waals surface area contributed by atoms with Gasteiger partial charge in [0.1, 0.15) is 4.90 Å². The van der Waals surface area contributed by atoms with E-state index in [2.05, 4.69) is 20.7 Å². The zero-order chi connectivity index (χ0) is 15.8. The fourth-order valence-corrected chi connectivity index (χ4v) is 4.09. The number of nitrogens with one attached hydrogen (secondary N) is 1. The largest absolute Gasteiger partial charge is 0.398 e. The fourth-order valence-electron chi connectivity index (χ4n) is 2.09. The molecule has 2 aromatic rings. The van der Waals surface area contributed by atoms with Crippen molar-refractivity contribution in [3.63, 3.8) is 0 Å². The maximum atomic E-state index is 12.6. The smallest absolute Gasteiger partial charge is 0.264 e. The predicted molar refractivity (Wildman–Crippen MR) is 90.0 cm³/mol. The fraction of sp³-hybridized carbons (Fsp3) is 0.200. The van der Waals surface area contributed by atoms with Crippen LogP contribution < -0.4 is 10.5 Å². The van der Waals surface area contributed by atoms with Crippen LogP contribution in [0.1, 0.15) is 16.7 Å². The van der Waals surface area contributed by atoms with Crippen molar-refractivity contribution in [1.82, 2.24) is 0 Å². The highest BCUT2D eigenvalue weighted by atomic mass is 79.9. The van der Waals surface area contributed by atoms with Gasteiger partial charge in [-0.15, -0.1) is 0 Å². The van der Waals surface area contributed by atoms with Crippen LogP contribution in [0.5, 0.6) is 0 Å². The topological polar surface area (TPSA) is 72.2 Å². The van der Waals surface area contributed by atoms with Crippen LogP contribution >= 0.6 is 15.9 Å². The van der Waals surface area contributed by atoms with Gasteiger partial charge in [-0.2, -0.15) is 0 Å². The standard InChI is InChI=1S/C15H17BrN2O2S/c1-9-7-8-12(17)15(11(9)3)21(19,20)18-13-6-4-5-10(2)14(13)16/h4-8,18H,17H2,1-3H3. The second-order valence-electron chi connectivity index (χ2n) is 4.97. The van der Waals surface area contributed by atoms with Gasteiger partial charge in [0.25, 0.3) is 10.0 Å². The molecule has 0 fully saturated rings. The second kappa shape index (κ2) is 5.69. The molecule has 2 rings (SSSR count). The zero-order valence-corrected chi connectivity index (χ0v) is 14.5. The van der Waals surface area contributed by atoms with E-state index in [1.54, 1.807) is 25.1 Å². The lowest BCUT2D eigenvalue weighted by Crippen LogP contribution is -2.17. The van der Waals surface area contributed by atoms with Gasteiger partial charge in [-0.3, -0.25) is 4.72 Å². The number of rotatable bonds is 3. The number of benzene rings is 2. The minimum Gasteiger partial charge on any atom is -0.398 e. The first-order valence-corrected chi connectivity index (χ1v) is 8.65. The summed E-state index contributed by atoms with van der Waals surface area (Å²) < 4.78 is 28.6. The lowest BCUT2D eigenvalue weighted by Gasteiger charge is -2.15. The zero-order valence-electron chi connectivity index (χ0n) is 12.1. The Kier molecular flexibility index (Phi) is 4.30. The van der Waals surface area contributed by atoms with Gasteiger partial charge in [0.05, 0.1) is 11.4 Å². The quantitative estimate of drug-likeness (QED) is 0.810. The van der Waals surface area contributed by atoms with Crippen molar-refractivity contribution in [3.05, 3.63) is 51.5 Å². The summed E-state index contributed by atoms with van der Waals surface area (Å²) in [5.41, 5.74) is 9.10. The third-order valence-corrected chi connectivity index (χ3v) is 6.03. The molecule has 3 N–H and O–H groups in total. The number of hydrogen-bond donors (Lipinski definition) is 2.